The molecule has 0 saturated heterocycles. The SMILES string of the molecule is COc1ccc([C@H]2CC(c3ccc(F)cc3)=NN2C(C)=O)c(OC)c1. The number of benzene rings is 2. The van der Waals surface area contributed by atoms with Crippen LogP contribution < -0.4 is 9.47 Å². The molecule has 2 aromatic carbocycles. The Morgan fingerprint density at radius 1 is 1.16 bits per heavy atom. The van der Waals surface area contributed by atoms with Crippen molar-refractivity contribution in [1.82, 2.24) is 5.01 Å². The molecule has 0 N–H and O–H groups in total. The van der Waals surface area contributed by atoms with Gasteiger partial charge in [0.05, 0.1) is 26.0 Å². The summed E-state index contributed by atoms with van der Waals surface area (Å²) in [6.45, 7) is 1.47. The Labute approximate surface area is 145 Å². The highest BCUT2D eigenvalue weighted by Crippen LogP contribution is 2.38. The van der Waals surface area contributed by atoms with Gasteiger partial charge in [-0.25, -0.2) is 9.40 Å². The maximum atomic E-state index is 13.2. The number of nitrogens with zero attached hydrogens (tertiary/aromatic N) is 2. The van der Waals surface area contributed by atoms with E-state index in [4.69, 9.17) is 9.47 Å². The van der Waals surface area contributed by atoms with E-state index < -0.39 is 0 Å². The summed E-state index contributed by atoms with van der Waals surface area (Å²) in [5.74, 6) is 0.831. The second kappa shape index (κ2) is 6.93. The average Bonchev–Trinajstić information content (AvgIpc) is 3.07. The standard InChI is InChI=1S/C19H19FN2O3/c1-12(23)22-18(16-9-8-15(24-2)10-19(16)25-3)11-17(21-22)13-4-6-14(20)7-5-13/h4-10,18H,11H2,1-3H3/t18-/m1/s1. The van der Waals surface area contributed by atoms with E-state index in [2.05, 4.69) is 5.10 Å². The summed E-state index contributed by atoms with van der Waals surface area (Å²) < 4.78 is 23.8. The Morgan fingerprint density at radius 3 is 2.48 bits per heavy atom. The van der Waals surface area contributed by atoms with E-state index in [1.807, 2.05) is 12.1 Å². The molecular formula is C19H19FN2O3. The summed E-state index contributed by atoms with van der Waals surface area (Å²) in [5, 5.41) is 5.90. The number of halogens is 1. The van der Waals surface area contributed by atoms with Gasteiger partial charge in [-0.2, -0.15) is 5.10 Å². The molecule has 0 aliphatic carbocycles. The van der Waals surface area contributed by atoms with Crippen LogP contribution in [0.25, 0.3) is 0 Å². The number of carbonyl (C=O) groups excluding carboxylic acids is 1. The molecule has 1 atom stereocenters. The van der Waals surface area contributed by atoms with E-state index in [9.17, 15) is 9.18 Å². The van der Waals surface area contributed by atoms with Crippen molar-refractivity contribution in [2.75, 3.05) is 14.2 Å². The molecule has 1 aliphatic rings. The van der Waals surface area contributed by atoms with Crippen LogP contribution in [0, 0.1) is 5.82 Å². The molecular weight excluding hydrogens is 323 g/mol. The fourth-order valence-corrected chi connectivity index (χ4v) is 2.95. The molecule has 0 spiro atoms. The van der Waals surface area contributed by atoms with Crippen molar-refractivity contribution < 1.29 is 18.7 Å². The van der Waals surface area contributed by atoms with Crippen LogP contribution in [-0.4, -0.2) is 30.8 Å². The van der Waals surface area contributed by atoms with Crippen molar-refractivity contribution in [2.24, 2.45) is 5.10 Å². The maximum absolute atomic E-state index is 13.2. The van der Waals surface area contributed by atoms with Crippen LogP contribution in [0.4, 0.5) is 4.39 Å². The number of methoxy groups -OCH3 is 2. The third-order valence-corrected chi connectivity index (χ3v) is 4.21. The largest absolute Gasteiger partial charge is 0.497 e. The molecule has 0 fully saturated rings. The molecule has 25 heavy (non-hydrogen) atoms. The lowest BCUT2D eigenvalue weighted by atomic mass is 9.97. The summed E-state index contributed by atoms with van der Waals surface area (Å²) in [6.07, 6.45) is 0.522. The van der Waals surface area contributed by atoms with Gasteiger partial charge in [-0.1, -0.05) is 12.1 Å². The highest BCUT2D eigenvalue weighted by molar-refractivity contribution is 6.03. The molecule has 3 rings (SSSR count). The molecule has 5 nitrogen and oxygen atoms in total. The summed E-state index contributed by atoms with van der Waals surface area (Å²) in [7, 11) is 3.16. The molecule has 0 unspecified atom stereocenters. The number of ether oxygens (including phenoxy) is 2. The van der Waals surface area contributed by atoms with Crippen molar-refractivity contribution in [2.45, 2.75) is 19.4 Å². The van der Waals surface area contributed by atoms with Gasteiger partial charge >= 0.3 is 0 Å². The highest BCUT2D eigenvalue weighted by atomic mass is 19.1. The lowest BCUT2D eigenvalue weighted by molar-refractivity contribution is -0.130. The van der Waals surface area contributed by atoms with E-state index in [0.717, 1.165) is 16.8 Å². The van der Waals surface area contributed by atoms with E-state index >= 15 is 0 Å². The first kappa shape index (κ1) is 17.0. The zero-order valence-corrected chi connectivity index (χ0v) is 14.3. The lowest BCUT2D eigenvalue weighted by Gasteiger charge is -2.22. The predicted molar refractivity (Wildman–Crippen MR) is 92.4 cm³/mol. The van der Waals surface area contributed by atoms with E-state index in [-0.39, 0.29) is 17.8 Å². The van der Waals surface area contributed by atoms with Crippen LogP contribution in [0.1, 0.15) is 30.5 Å². The third-order valence-electron chi connectivity index (χ3n) is 4.21. The highest BCUT2D eigenvalue weighted by Gasteiger charge is 2.33. The normalized spacial score (nSPS) is 16.6. The Hall–Kier alpha value is -2.89. The first-order chi connectivity index (χ1) is 12.0. The maximum Gasteiger partial charge on any atom is 0.240 e. The minimum Gasteiger partial charge on any atom is -0.497 e. The molecule has 1 amide bonds. The van der Waals surface area contributed by atoms with Crippen LogP contribution in [0.2, 0.25) is 0 Å². The Bertz CT molecular complexity index is 818. The average molecular weight is 342 g/mol. The monoisotopic (exact) mass is 342 g/mol. The third kappa shape index (κ3) is 3.33. The summed E-state index contributed by atoms with van der Waals surface area (Å²) in [5.41, 5.74) is 2.38. The van der Waals surface area contributed by atoms with Crippen LogP contribution in [0.5, 0.6) is 11.5 Å². The molecule has 0 radical (unpaired) electrons. The van der Waals surface area contributed by atoms with Gasteiger partial charge in [0.15, 0.2) is 0 Å². The van der Waals surface area contributed by atoms with Crippen molar-refractivity contribution in [3.63, 3.8) is 0 Å². The summed E-state index contributed by atoms with van der Waals surface area (Å²) in [4.78, 5) is 12.1. The smallest absolute Gasteiger partial charge is 0.240 e. The van der Waals surface area contributed by atoms with Gasteiger partial charge in [0.1, 0.15) is 17.3 Å². The fraction of sp³-hybridized carbons (Fsp3) is 0.263. The second-order valence-corrected chi connectivity index (χ2v) is 5.74. The topological polar surface area (TPSA) is 51.1 Å². The van der Waals surface area contributed by atoms with Crippen LogP contribution in [-0.2, 0) is 4.79 Å². The quantitative estimate of drug-likeness (QED) is 0.854. The number of carbonyl (C=O) groups is 1. The van der Waals surface area contributed by atoms with Crippen LogP contribution >= 0.6 is 0 Å². The Morgan fingerprint density at radius 2 is 1.88 bits per heavy atom. The molecule has 6 heteroatoms. The van der Waals surface area contributed by atoms with E-state index in [1.165, 1.54) is 24.1 Å². The Kier molecular flexibility index (Phi) is 4.70. The minimum atomic E-state index is -0.306. The molecule has 0 aromatic heterocycles. The minimum absolute atomic E-state index is 0.167. The second-order valence-electron chi connectivity index (χ2n) is 5.74. The van der Waals surface area contributed by atoms with Crippen molar-refractivity contribution >= 4 is 11.6 Å². The zero-order valence-electron chi connectivity index (χ0n) is 14.3. The summed E-state index contributed by atoms with van der Waals surface area (Å²) in [6, 6.07) is 11.3. The molecule has 0 saturated carbocycles. The number of hydrogen-bond acceptors (Lipinski definition) is 4. The Balaban J connectivity index is 1.97. The first-order valence-corrected chi connectivity index (χ1v) is 7.88. The number of hydrogen-bond donors (Lipinski definition) is 0. The van der Waals surface area contributed by atoms with Gasteiger partial charge in [-0.05, 0) is 29.8 Å². The van der Waals surface area contributed by atoms with Crippen LogP contribution in [0.15, 0.2) is 47.6 Å². The first-order valence-electron chi connectivity index (χ1n) is 7.88. The van der Waals surface area contributed by atoms with Gasteiger partial charge in [-0.3, -0.25) is 4.79 Å². The predicted octanol–water partition coefficient (Wildman–Crippen LogP) is 3.54. The van der Waals surface area contributed by atoms with E-state index in [1.54, 1.807) is 32.4 Å². The van der Waals surface area contributed by atoms with Gasteiger partial charge in [0.2, 0.25) is 5.91 Å². The number of hydrazone groups is 1. The van der Waals surface area contributed by atoms with Gasteiger partial charge in [-0.15, -0.1) is 0 Å². The van der Waals surface area contributed by atoms with Crippen LogP contribution in [0.3, 0.4) is 0 Å². The lowest BCUT2D eigenvalue weighted by Crippen LogP contribution is -2.24. The van der Waals surface area contributed by atoms with Crippen molar-refractivity contribution in [3.8, 4) is 11.5 Å². The molecule has 0 bridgehead atoms. The molecule has 1 aliphatic heterocycles. The van der Waals surface area contributed by atoms with Crippen molar-refractivity contribution in [3.05, 3.63) is 59.4 Å². The van der Waals surface area contributed by atoms with Crippen molar-refractivity contribution in [1.29, 1.82) is 0 Å². The van der Waals surface area contributed by atoms with E-state index in [0.29, 0.717) is 17.9 Å². The number of rotatable bonds is 4. The molecule has 130 valence electrons. The van der Waals surface area contributed by atoms with Gasteiger partial charge in [0.25, 0.3) is 0 Å². The summed E-state index contributed by atoms with van der Waals surface area (Å²) >= 11 is 0. The molecule has 1 heterocycles. The van der Waals surface area contributed by atoms with Gasteiger partial charge < -0.3 is 9.47 Å². The fourth-order valence-electron chi connectivity index (χ4n) is 2.95. The zero-order chi connectivity index (χ0) is 18.0. The number of amides is 1. The molecule has 2 aromatic rings. The van der Waals surface area contributed by atoms with Gasteiger partial charge in [0, 0.05) is 25.0 Å².